The molecular formula is C34H56NO7+. The number of carbonyl (C=O) groups is 3. The van der Waals surface area contributed by atoms with Crippen LogP contribution in [-0.2, 0) is 28.6 Å². The lowest BCUT2D eigenvalue weighted by molar-refractivity contribution is -0.887. The number of esters is 2. The molecule has 0 aromatic carbocycles. The highest BCUT2D eigenvalue weighted by Crippen LogP contribution is 2.10. The number of rotatable bonds is 25. The molecule has 1 N–H and O–H groups in total. The molecule has 0 saturated heterocycles. The number of carboxylic acids is 1. The zero-order valence-corrected chi connectivity index (χ0v) is 26.7. The summed E-state index contributed by atoms with van der Waals surface area (Å²) in [5.74, 6) is -1.67. The second kappa shape index (κ2) is 25.7. The van der Waals surface area contributed by atoms with E-state index in [9.17, 15) is 19.5 Å². The fourth-order valence-corrected chi connectivity index (χ4v) is 3.81. The van der Waals surface area contributed by atoms with Crippen LogP contribution in [0, 0.1) is 0 Å². The Morgan fingerprint density at radius 1 is 0.738 bits per heavy atom. The van der Waals surface area contributed by atoms with Gasteiger partial charge in [0.1, 0.15) is 6.61 Å². The standard InChI is InChI=1S/C34H55NO7/c1-6-8-10-11-12-13-14-15-16-17-18-19-20-21-23-25-33(37)42-30(29-41-32(36)24-22-9-7-2)28-40-27-26-31(34(38)39)35(3,4)5/h8,10,12-13,15-16,18-19,21,23,30-31H,6-7,9,11,14,17,20,22,24-29H2,1-5H3/p+1/b10-8-,13-12-,16-15-,19-18-,23-21-. The van der Waals surface area contributed by atoms with Crippen LogP contribution in [-0.4, -0.2) is 80.6 Å². The normalized spacial score (nSPS) is 14.0. The highest BCUT2D eigenvalue weighted by Gasteiger charge is 2.31. The van der Waals surface area contributed by atoms with Gasteiger partial charge in [-0.15, -0.1) is 0 Å². The number of hydrogen-bond acceptors (Lipinski definition) is 6. The molecule has 0 amide bonds. The van der Waals surface area contributed by atoms with E-state index >= 15 is 0 Å². The first kappa shape index (κ1) is 39.0. The summed E-state index contributed by atoms with van der Waals surface area (Å²) < 4.78 is 16.8. The van der Waals surface area contributed by atoms with Crippen molar-refractivity contribution in [2.45, 2.75) is 96.6 Å². The molecule has 8 nitrogen and oxygen atoms in total. The van der Waals surface area contributed by atoms with Gasteiger partial charge in [-0.25, -0.2) is 4.79 Å². The van der Waals surface area contributed by atoms with Crippen LogP contribution in [0.1, 0.15) is 84.5 Å². The van der Waals surface area contributed by atoms with Crippen LogP contribution in [0.15, 0.2) is 60.8 Å². The molecule has 0 aromatic rings. The maximum absolute atomic E-state index is 12.4. The minimum atomic E-state index is -0.896. The smallest absolute Gasteiger partial charge is 0.362 e. The number of likely N-dealkylation sites (N-methyl/N-ethyl adjacent to an activating group) is 1. The Morgan fingerprint density at radius 3 is 1.79 bits per heavy atom. The molecule has 2 unspecified atom stereocenters. The summed E-state index contributed by atoms with van der Waals surface area (Å²) in [6, 6.07) is -0.627. The van der Waals surface area contributed by atoms with Gasteiger partial charge in [-0.2, -0.15) is 0 Å². The van der Waals surface area contributed by atoms with Gasteiger partial charge in [0, 0.05) is 12.8 Å². The maximum Gasteiger partial charge on any atom is 0.362 e. The maximum atomic E-state index is 12.4. The molecule has 0 spiro atoms. The number of carbonyl (C=O) groups excluding carboxylic acids is 2. The lowest BCUT2D eigenvalue weighted by Gasteiger charge is -2.31. The lowest BCUT2D eigenvalue weighted by Crippen LogP contribution is -2.50. The zero-order chi connectivity index (χ0) is 31.5. The summed E-state index contributed by atoms with van der Waals surface area (Å²) in [6.07, 6.45) is 28.0. The molecule has 0 fully saturated rings. The predicted octanol–water partition coefficient (Wildman–Crippen LogP) is 6.73. The first-order valence-corrected chi connectivity index (χ1v) is 15.3. The fraction of sp³-hybridized carbons (Fsp3) is 0.618. The number of nitrogens with zero attached hydrogens (tertiary/aromatic N) is 1. The second-order valence-electron chi connectivity index (χ2n) is 11.0. The number of allylic oxidation sites excluding steroid dienone is 9. The number of quaternary nitrogens is 1. The third-order valence-electron chi connectivity index (χ3n) is 6.21. The number of carboxylic acid groups (broad SMARTS) is 1. The van der Waals surface area contributed by atoms with Gasteiger partial charge < -0.3 is 23.8 Å². The van der Waals surface area contributed by atoms with Gasteiger partial charge in [0.05, 0.1) is 40.8 Å². The van der Waals surface area contributed by atoms with E-state index in [1.165, 1.54) is 0 Å². The topological polar surface area (TPSA) is 99.1 Å². The van der Waals surface area contributed by atoms with Gasteiger partial charge in [-0.3, -0.25) is 9.59 Å². The van der Waals surface area contributed by atoms with Crippen LogP contribution in [0.4, 0.5) is 0 Å². The van der Waals surface area contributed by atoms with Crippen LogP contribution in [0.25, 0.3) is 0 Å². The fourth-order valence-electron chi connectivity index (χ4n) is 3.81. The summed E-state index contributed by atoms with van der Waals surface area (Å²) in [4.78, 5) is 36.0. The van der Waals surface area contributed by atoms with Crippen molar-refractivity contribution in [1.82, 2.24) is 0 Å². The molecule has 0 radical (unpaired) electrons. The van der Waals surface area contributed by atoms with Crippen molar-refractivity contribution < 1.29 is 38.2 Å². The Hall–Kier alpha value is -2.97. The highest BCUT2D eigenvalue weighted by molar-refractivity contribution is 5.72. The van der Waals surface area contributed by atoms with Gasteiger partial charge in [0.25, 0.3) is 0 Å². The molecule has 0 aromatic heterocycles. The van der Waals surface area contributed by atoms with Crippen molar-refractivity contribution in [2.24, 2.45) is 0 Å². The molecule has 2 atom stereocenters. The summed E-state index contributed by atoms with van der Waals surface area (Å²) in [6.45, 7) is 4.29. The minimum Gasteiger partial charge on any atom is -0.477 e. The van der Waals surface area contributed by atoms with Crippen molar-refractivity contribution in [3.8, 4) is 0 Å². The molecule has 0 aliphatic carbocycles. The molecule has 0 aliphatic heterocycles. The summed E-state index contributed by atoms with van der Waals surface area (Å²) in [5, 5.41) is 9.49. The van der Waals surface area contributed by atoms with E-state index in [-0.39, 0.29) is 36.7 Å². The lowest BCUT2D eigenvalue weighted by atomic mass is 10.1. The molecular weight excluding hydrogens is 534 g/mol. The van der Waals surface area contributed by atoms with Crippen molar-refractivity contribution in [3.63, 3.8) is 0 Å². The van der Waals surface area contributed by atoms with E-state index in [2.05, 4.69) is 56.4 Å². The van der Waals surface area contributed by atoms with Crippen LogP contribution >= 0.6 is 0 Å². The van der Waals surface area contributed by atoms with E-state index in [4.69, 9.17) is 14.2 Å². The highest BCUT2D eigenvalue weighted by atomic mass is 16.6. The average Bonchev–Trinajstić information content (AvgIpc) is 2.92. The first-order valence-electron chi connectivity index (χ1n) is 15.3. The molecule has 238 valence electrons. The Kier molecular flexibility index (Phi) is 23.9. The van der Waals surface area contributed by atoms with E-state index in [1.54, 1.807) is 6.08 Å². The van der Waals surface area contributed by atoms with Gasteiger partial charge in [0.2, 0.25) is 0 Å². The largest absolute Gasteiger partial charge is 0.477 e. The molecule has 8 heteroatoms. The van der Waals surface area contributed by atoms with Gasteiger partial charge in [-0.05, 0) is 38.5 Å². The van der Waals surface area contributed by atoms with E-state index in [0.717, 1.165) is 44.9 Å². The zero-order valence-electron chi connectivity index (χ0n) is 26.7. The second-order valence-corrected chi connectivity index (χ2v) is 11.0. The number of hydrogen-bond donors (Lipinski definition) is 1. The summed E-state index contributed by atoms with van der Waals surface area (Å²) in [7, 11) is 5.45. The van der Waals surface area contributed by atoms with Crippen LogP contribution in [0.5, 0.6) is 0 Å². The Labute approximate surface area is 254 Å². The third-order valence-corrected chi connectivity index (χ3v) is 6.21. The minimum absolute atomic E-state index is 0.0170. The first-order chi connectivity index (χ1) is 20.1. The van der Waals surface area contributed by atoms with E-state index in [0.29, 0.717) is 19.3 Å². The van der Waals surface area contributed by atoms with Crippen molar-refractivity contribution in [3.05, 3.63) is 60.8 Å². The monoisotopic (exact) mass is 590 g/mol. The summed E-state index contributed by atoms with van der Waals surface area (Å²) in [5.41, 5.74) is 0. The van der Waals surface area contributed by atoms with E-state index in [1.807, 2.05) is 33.3 Å². The number of aliphatic carboxylic acids is 1. The van der Waals surface area contributed by atoms with Gasteiger partial charge in [0.15, 0.2) is 12.1 Å². The van der Waals surface area contributed by atoms with Crippen molar-refractivity contribution >= 4 is 17.9 Å². The number of unbranched alkanes of at least 4 members (excludes halogenated alkanes) is 2. The van der Waals surface area contributed by atoms with Gasteiger partial charge in [-0.1, -0.05) is 87.4 Å². The summed E-state index contributed by atoms with van der Waals surface area (Å²) >= 11 is 0. The molecule has 0 saturated carbocycles. The van der Waals surface area contributed by atoms with E-state index < -0.39 is 24.1 Å². The van der Waals surface area contributed by atoms with Gasteiger partial charge >= 0.3 is 17.9 Å². The SMILES string of the molecule is CC/C=C\C/C=C\C/C=C\C/C=C\C/C=C\CC(=O)OC(COCCC(C(=O)O)[N+](C)(C)C)COC(=O)CCCCC. The third kappa shape index (κ3) is 23.7. The Balaban J connectivity index is 4.57. The molecule has 0 bridgehead atoms. The van der Waals surface area contributed by atoms with Crippen LogP contribution in [0.2, 0.25) is 0 Å². The number of ether oxygens (including phenoxy) is 3. The average molecular weight is 591 g/mol. The Bertz CT molecular complexity index is 881. The van der Waals surface area contributed by atoms with Crippen LogP contribution in [0.3, 0.4) is 0 Å². The molecule has 42 heavy (non-hydrogen) atoms. The van der Waals surface area contributed by atoms with Crippen molar-refractivity contribution in [2.75, 3.05) is 41.0 Å². The van der Waals surface area contributed by atoms with Crippen LogP contribution < -0.4 is 0 Å². The van der Waals surface area contributed by atoms with Crippen molar-refractivity contribution in [1.29, 1.82) is 0 Å². The molecule has 0 rings (SSSR count). The quantitative estimate of drug-likeness (QED) is 0.0545. The predicted molar refractivity (Wildman–Crippen MR) is 169 cm³/mol. The molecule has 0 aliphatic rings. The Morgan fingerprint density at radius 2 is 1.29 bits per heavy atom. The molecule has 0 heterocycles.